The first-order valence-electron chi connectivity index (χ1n) is 4.13. The Morgan fingerprint density at radius 3 is 2.19 bits per heavy atom. The van der Waals surface area contributed by atoms with Crippen LogP contribution in [0.15, 0.2) is 23.1 Å². The Morgan fingerprint density at radius 1 is 1.25 bits per heavy atom. The van der Waals surface area contributed by atoms with Crippen LogP contribution in [-0.2, 0) is 10.0 Å². The molecule has 3 N–H and O–H groups in total. The number of rotatable bonds is 4. The van der Waals surface area contributed by atoms with Crippen LogP contribution in [0, 0.1) is 11.6 Å². The van der Waals surface area contributed by atoms with Gasteiger partial charge in [-0.15, -0.1) is 12.4 Å². The average molecular weight is 273 g/mol. The van der Waals surface area contributed by atoms with Crippen LogP contribution >= 0.6 is 12.4 Å². The standard InChI is InChI=1S/C8H10F2N2O2S.ClH/c9-6-2-1-3-7(10)8(6)15(13,14)12-5-4-11;/h1-3,12H,4-5,11H2;1H. The summed E-state index contributed by atoms with van der Waals surface area (Å²) in [6.45, 7) is -0.0224. The van der Waals surface area contributed by atoms with Crippen molar-refractivity contribution in [1.29, 1.82) is 0 Å². The van der Waals surface area contributed by atoms with Crippen molar-refractivity contribution in [3.05, 3.63) is 29.8 Å². The van der Waals surface area contributed by atoms with Crippen molar-refractivity contribution in [3.8, 4) is 0 Å². The van der Waals surface area contributed by atoms with Gasteiger partial charge in [-0.3, -0.25) is 0 Å². The molecule has 0 radical (unpaired) electrons. The summed E-state index contributed by atoms with van der Waals surface area (Å²) in [5.74, 6) is -2.25. The smallest absolute Gasteiger partial charge is 0.246 e. The molecule has 16 heavy (non-hydrogen) atoms. The molecule has 0 saturated heterocycles. The highest BCUT2D eigenvalue weighted by Crippen LogP contribution is 2.17. The first kappa shape index (κ1) is 15.2. The molecule has 0 amide bonds. The molecule has 0 bridgehead atoms. The molecule has 0 atom stereocenters. The Bertz CT molecular complexity index is 433. The molecule has 0 aliphatic heterocycles. The van der Waals surface area contributed by atoms with Gasteiger partial charge < -0.3 is 5.73 Å². The van der Waals surface area contributed by atoms with Gasteiger partial charge in [-0.05, 0) is 12.1 Å². The van der Waals surface area contributed by atoms with Gasteiger partial charge in [-0.25, -0.2) is 21.9 Å². The lowest BCUT2D eigenvalue weighted by atomic mass is 10.3. The zero-order valence-electron chi connectivity index (χ0n) is 8.11. The Labute approximate surface area is 98.3 Å². The average Bonchev–Trinajstić information content (AvgIpc) is 2.14. The molecular formula is C8H11ClF2N2O2S. The molecule has 0 aliphatic rings. The van der Waals surface area contributed by atoms with Crippen LogP contribution < -0.4 is 10.5 Å². The van der Waals surface area contributed by atoms with Crippen molar-refractivity contribution in [2.45, 2.75) is 4.90 Å². The van der Waals surface area contributed by atoms with Gasteiger partial charge in [0.2, 0.25) is 10.0 Å². The van der Waals surface area contributed by atoms with E-state index in [1.54, 1.807) is 0 Å². The van der Waals surface area contributed by atoms with E-state index in [4.69, 9.17) is 5.73 Å². The van der Waals surface area contributed by atoms with Crippen LogP contribution in [0.5, 0.6) is 0 Å². The molecule has 8 heteroatoms. The van der Waals surface area contributed by atoms with Crippen LogP contribution in [0.3, 0.4) is 0 Å². The largest absolute Gasteiger partial charge is 0.329 e. The second kappa shape index (κ2) is 6.09. The van der Waals surface area contributed by atoms with E-state index in [0.717, 1.165) is 18.2 Å². The molecule has 1 rings (SSSR count). The van der Waals surface area contributed by atoms with E-state index < -0.39 is 26.6 Å². The number of sulfonamides is 1. The van der Waals surface area contributed by atoms with E-state index in [-0.39, 0.29) is 25.5 Å². The zero-order chi connectivity index (χ0) is 11.5. The quantitative estimate of drug-likeness (QED) is 0.844. The fourth-order valence-electron chi connectivity index (χ4n) is 1.00. The van der Waals surface area contributed by atoms with Gasteiger partial charge in [0.15, 0.2) is 4.90 Å². The molecule has 0 aliphatic carbocycles. The van der Waals surface area contributed by atoms with Gasteiger partial charge in [-0.1, -0.05) is 6.07 Å². The molecule has 4 nitrogen and oxygen atoms in total. The SMILES string of the molecule is Cl.NCCNS(=O)(=O)c1c(F)cccc1F. The fraction of sp³-hybridized carbons (Fsp3) is 0.250. The molecule has 0 spiro atoms. The van der Waals surface area contributed by atoms with E-state index in [0.29, 0.717) is 0 Å². The second-order valence-corrected chi connectivity index (χ2v) is 4.44. The minimum Gasteiger partial charge on any atom is -0.329 e. The van der Waals surface area contributed by atoms with Gasteiger partial charge in [0.25, 0.3) is 0 Å². The van der Waals surface area contributed by atoms with E-state index in [9.17, 15) is 17.2 Å². The highest BCUT2D eigenvalue weighted by molar-refractivity contribution is 7.89. The number of nitrogens with two attached hydrogens (primary N) is 1. The maximum absolute atomic E-state index is 13.1. The van der Waals surface area contributed by atoms with E-state index in [2.05, 4.69) is 0 Å². The number of hydrogen-bond donors (Lipinski definition) is 2. The molecule has 0 heterocycles. The Morgan fingerprint density at radius 2 is 1.75 bits per heavy atom. The Kier molecular flexibility index (Phi) is 5.80. The van der Waals surface area contributed by atoms with Gasteiger partial charge in [0.05, 0.1) is 0 Å². The monoisotopic (exact) mass is 272 g/mol. The summed E-state index contributed by atoms with van der Waals surface area (Å²) < 4.78 is 50.9. The van der Waals surface area contributed by atoms with Crippen LogP contribution in [0.25, 0.3) is 0 Å². The lowest BCUT2D eigenvalue weighted by Crippen LogP contribution is -2.30. The second-order valence-electron chi connectivity index (χ2n) is 2.74. The van der Waals surface area contributed by atoms with E-state index >= 15 is 0 Å². The van der Waals surface area contributed by atoms with E-state index in [1.807, 2.05) is 4.72 Å². The lowest BCUT2D eigenvalue weighted by molar-refractivity contribution is 0.514. The summed E-state index contributed by atoms with van der Waals surface area (Å²) in [5, 5.41) is 0. The third kappa shape index (κ3) is 3.38. The third-order valence-corrected chi connectivity index (χ3v) is 3.14. The molecular weight excluding hydrogens is 262 g/mol. The lowest BCUT2D eigenvalue weighted by Gasteiger charge is -2.07. The maximum atomic E-state index is 13.1. The first-order valence-corrected chi connectivity index (χ1v) is 5.61. The summed E-state index contributed by atoms with van der Waals surface area (Å²) in [6.07, 6.45) is 0. The Balaban J connectivity index is 0.00000225. The molecule has 1 aromatic carbocycles. The highest BCUT2D eigenvalue weighted by Gasteiger charge is 2.22. The molecule has 92 valence electrons. The normalized spacial score (nSPS) is 10.9. The number of nitrogens with one attached hydrogen (secondary N) is 1. The van der Waals surface area contributed by atoms with Gasteiger partial charge >= 0.3 is 0 Å². The summed E-state index contributed by atoms with van der Waals surface area (Å²) in [5.41, 5.74) is 5.08. The van der Waals surface area contributed by atoms with Crippen LogP contribution in [0.2, 0.25) is 0 Å². The minimum absolute atomic E-state index is 0. The highest BCUT2D eigenvalue weighted by atomic mass is 35.5. The minimum atomic E-state index is -4.16. The maximum Gasteiger partial charge on any atom is 0.246 e. The fourth-order valence-corrected chi connectivity index (χ4v) is 2.19. The first-order chi connectivity index (χ1) is 6.99. The molecule has 0 fully saturated rings. The van der Waals surface area contributed by atoms with Gasteiger partial charge in [0.1, 0.15) is 11.6 Å². The molecule has 0 aromatic heterocycles. The predicted molar refractivity (Wildman–Crippen MR) is 57.8 cm³/mol. The van der Waals surface area contributed by atoms with Crippen molar-refractivity contribution >= 4 is 22.4 Å². The Hall–Kier alpha value is -0.760. The summed E-state index contributed by atoms with van der Waals surface area (Å²) in [4.78, 5) is -0.974. The summed E-state index contributed by atoms with van der Waals surface area (Å²) in [6, 6.07) is 2.84. The molecule has 1 aromatic rings. The summed E-state index contributed by atoms with van der Waals surface area (Å²) >= 11 is 0. The third-order valence-electron chi connectivity index (χ3n) is 1.62. The number of halogens is 3. The summed E-state index contributed by atoms with van der Waals surface area (Å²) in [7, 11) is -4.16. The molecule has 0 unspecified atom stereocenters. The topological polar surface area (TPSA) is 72.2 Å². The predicted octanol–water partition coefficient (Wildman–Crippen LogP) is 0.624. The zero-order valence-corrected chi connectivity index (χ0v) is 9.75. The van der Waals surface area contributed by atoms with Crippen molar-refractivity contribution in [2.24, 2.45) is 5.73 Å². The van der Waals surface area contributed by atoms with Crippen molar-refractivity contribution in [1.82, 2.24) is 4.72 Å². The van der Waals surface area contributed by atoms with Crippen molar-refractivity contribution in [2.75, 3.05) is 13.1 Å². The van der Waals surface area contributed by atoms with Crippen molar-refractivity contribution in [3.63, 3.8) is 0 Å². The van der Waals surface area contributed by atoms with Gasteiger partial charge in [-0.2, -0.15) is 0 Å². The van der Waals surface area contributed by atoms with Crippen LogP contribution in [0.1, 0.15) is 0 Å². The van der Waals surface area contributed by atoms with Crippen molar-refractivity contribution < 1.29 is 17.2 Å². The van der Waals surface area contributed by atoms with E-state index in [1.165, 1.54) is 0 Å². The van der Waals surface area contributed by atoms with Crippen LogP contribution in [-0.4, -0.2) is 21.5 Å². The molecule has 0 saturated carbocycles. The van der Waals surface area contributed by atoms with Gasteiger partial charge in [0, 0.05) is 13.1 Å². The van der Waals surface area contributed by atoms with Crippen LogP contribution in [0.4, 0.5) is 8.78 Å². The number of hydrogen-bond acceptors (Lipinski definition) is 3. The number of benzene rings is 1.